The second-order valence-corrected chi connectivity index (χ2v) is 6.84. The zero-order valence-electron chi connectivity index (χ0n) is 12.8. The minimum Gasteiger partial charge on any atom is -0.403 e. The summed E-state index contributed by atoms with van der Waals surface area (Å²) in [6.07, 6.45) is 0. The van der Waals surface area contributed by atoms with Crippen molar-refractivity contribution in [1.29, 1.82) is 0 Å². The molecule has 0 spiro atoms. The van der Waals surface area contributed by atoms with Crippen LogP contribution in [0.1, 0.15) is 39.2 Å². The van der Waals surface area contributed by atoms with Crippen LogP contribution in [-0.2, 0) is 14.0 Å². The monoisotopic (exact) mass is 274 g/mol. The van der Waals surface area contributed by atoms with E-state index < -0.39 is 0 Å². The molecule has 0 radical (unpaired) electrons. The van der Waals surface area contributed by atoms with Crippen LogP contribution in [0.4, 0.5) is 0 Å². The molecule has 2 saturated heterocycles. The SMILES string of the molecule is CC1(C)OB([C@@H]2COC[C@@H]2c2ccccc2)OC1(C)C. The Morgan fingerprint density at radius 1 is 0.950 bits per heavy atom. The lowest BCUT2D eigenvalue weighted by atomic mass is 9.65. The first-order valence-electron chi connectivity index (χ1n) is 7.39. The molecule has 2 heterocycles. The summed E-state index contributed by atoms with van der Waals surface area (Å²) in [6.45, 7) is 9.84. The summed E-state index contributed by atoms with van der Waals surface area (Å²) >= 11 is 0. The van der Waals surface area contributed by atoms with Crippen LogP contribution < -0.4 is 0 Å². The highest BCUT2D eigenvalue weighted by atomic mass is 16.7. The van der Waals surface area contributed by atoms with Crippen molar-refractivity contribution in [2.45, 2.75) is 50.6 Å². The molecule has 2 fully saturated rings. The average molecular weight is 274 g/mol. The first kappa shape index (κ1) is 14.1. The minimum absolute atomic E-state index is 0.187. The second-order valence-electron chi connectivity index (χ2n) is 6.84. The van der Waals surface area contributed by atoms with E-state index in [2.05, 4.69) is 52.0 Å². The van der Waals surface area contributed by atoms with E-state index in [0.29, 0.717) is 12.5 Å². The van der Waals surface area contributed by atoms with Gasteiger partial charge in [-0.2, -0.15) is 0 Å². The van der Waals surface area contributed by atoms with Crippen LogP contribution in [0.15, 0.2) is 30.3 Å². The van der Waals surface area contributed by atoms with Gasteiger partial charge < -0.3 is 14.0 Å². The molecule has 3 rings (SSSR count). The van der Waals surface area contributed by atoms with Crippen LogP contribution in [-0.4, -0.2) is 31.5 Å². The topological polar surface area (TPSA) is 27.7 Å². The third kappa shape index (κ3) is 2.30. The standard InChI is InChI=1S/C16H23BO3/c1-15(2)16(3,4)20-17(19-15)14-11-18-10-13(14)12-8-6-5-7-9-12/h5-9,13-14H,10-11H2,1-4H3/t13-,14-/m1/s1. The van der Waals surface area contributed by atoms with E-state index in [9.17, 15) is 0 Å². The smallest absolute Gasteiger partial charge is 0.403 e. The van der Waals surface area contributed by atoms with E-state index in [1.807, 2.05) is 6.07 Å². The fourth-order valence-electron chi connectivity index (χ4n) is 2.95. The molecular formula is C16H23BO3. The van der Waals surface area contributed by atoms with Crippen molar-refractivity contribution >= 4 is 7.12 Å². The van der Waals surface area contributed by atoms with Gasteiger partial charge in [0.2, 0.25) is 0 Å². The molecule has 0 unspecified atom stereocenters. The molecule has 0 aliphatic carbocycles. The highest BCUT2D eigenvalue weighted by Gasteiger charge is 2.56. The first-order chi connectivity index (χ1) is 9.41. The molecule has 1 aromatic rings. The Labute approximate surface area is 121 Å². The van der Waals surface area contributed by atoms with Gasteiger partial charge in [0.05, 0.1) is 17.8 Å². The molecule has 0 bridgehead atoms. The molecule has 0 saturated carbocycles. The maximum atomic E-state index is 6.20. The third-order valence-electron chi connectivity index (χ3n) is 4.97. The molecule has 4 heteroatoms. The summed E-state index contributed by atoms with van der Waals surface area (Å²) in [7, 11) is -0.187. The van der Waals surface area contributed by atoms with Gasteiger partial charge in [-0.15, -0.1) is 0 Å². The molecule has 3 nitrogen and oxygen atoms in total. The van der Waals surface area contributed by atoms with Crippen molar-refractivity contribution in [2.75, 3.05) is 13.2 Å². The number of ether oxygens (including phenoxy) is 1. The van der Waals surface area contributed by atoms with Gasteiger partial charge in [0.15, 0.2) is 0 Å². The van der Waals surface area contributed by atoms with Gasteiger partial charge in [-0.1, -0.05) is 30.3 Å². The Balaban J connectivity index is 1.81. The van der Waals surface area contributed by atoms with E-state index in [1.54, 1.807) is 0 Å². The fourth-order valence-corrected chi connectivity index (χ4v) is 2.95. The largest absolute Gasteiger partial charge is 0.464 e. The second kappa shape index (κ2) is 4.87. The molecule has 2 aliphatic heterocycles. The summed E-state index contributed by atoms with van der Waals surface area (Å²) in [5.74, 6) is 0.615. The summed E-state index contributed by atoms with van der Waals surface area (Å²) in [4.78, 5) is 0. The van der Waals surface area contributed by atoms with Gasteiger partial charge in [-0.05, 0) is 33.3 Å². The van der Waals surface area contributed by atoms with Crippen molar-refractivity contribution in [3.05, 3.63) is 35.9 Å². The van der Waals surface area contributed by atoms with Gasteiger partial charge in [-0.3, -0.25) is 0 Å². The normalized spacial score (nSPS) is 31.7. The number of hydrogen-bond acceptors (Lipinski definition) is 3. The molecule has 2 atom stereocenters. The number of rotatable bonds is 2. The fraction of sp³-hybridized carbons (Fsp3) is 0.625. The van der Waals surface area contributed by atoms with Crippen LogP contribution in [0.2, 0.25) is 5.82 Å². The molecule has 0 aromatic heterocycles. The Hall–Kier alpha value is -0.835. The third-order valence-corrected chi connectivity index (χ3v) is 4.97. The van der Waals surface area contributed by atoms with E-state index >= 15 is 0 Å². The van der Waals surface area contributed by atoms with Crippen molar-refractivity contribution in [2.24, 2.45) is 0 Å². The lowest BCUT2D eigenvalue weighted by molar-refractivity contribution is 0.00578. The quantitative estimate of drug-likeness (QED) is 0.775. The lowest BCUT2D eigenvalue weighted by Crippen LogP contribution is -2.41. The van der Waals surface area contributed by atoms with E-state index in [1.165, 1.54) is 5.56 Å². The van der Waals surface area contributed by atoms with Gasteiger partial charge in [0.1, 0.15) is 0 Å². The molecule has 0 N–H and O–H groups in total. The Morgan fingerprint density at radius 2 is 1.55 bits per heavy atom. The Bertz CT molecular complexity index is 456. The van der Waals surface area contributed by atoms with E-state index in [4.69, 9.17) is 14.0 Å². The predicted octanol–water partition coefficient (Wildman–Crippen LogP) is 3.26. The number of benzene rings is 1. The zero-order chi connectivity index (χ0) is 14.4. The van der Waals surface area contributed by atoms with Crippen LogP contribution in [0.5, 0.6) is 0 Å². The minimum atomic E-state index is -0.276. The summed E-state index contributed by atoms with van der Waals surface area (Å²) in [6, 6.07) is 10.5. The maximum absolute atomic E-state index is 6.20. The Morgan fingerprint density at radius 3 is 2.15 bits per heavy atom. The van der Waals surface area contributed by atoms with Gasteiger partial charge >= 0.3 is 7.12 Å². The molecule has 0 amide bonds. The van der Waals surface area contributed by atoms with Crippen molar-refractivity contribution in [3.8, 4) is 0 Å². The summed E-state index contributed by atoms with van der Waals surface area (Å²) in [5.41, 5.74) is 0.757. The molecule has 1 aromatic carbocycles. The van der Waals surface area contributed by atoms with Gasteiger partial charge in [0.25, 0.3) is 0 Å². The molecule has 108 valence electrons. The van der Waals surface area contributed by atoms with Gasteiger partial charge in [-0.25, -0.2) is 0 Å². The van der Waals surface area contributed by atoms with Crippen LogP contribution >= 0.6 is 0 Å². The highest BCUT2D eigenvalue weighted by Crippen LogP contribution is 2.46. The number of hydrogen-bond donors (Lipinski definition) is 0. The van der Waals surface area contributed by atoms with Gasteiger partial charge in [0, 0.05) is 18.3 Å². The average Bonchev–Trinajstić information content (AvgIpc) is 2.94. The lowest BCUT2D eigenvalue weighted by Gasteiger charge is -2.32. The van der Waals surface area contributed by atoms with Crippen LogP contribution in [0.3, 0.4) is 0 Å². The Kier molecular flexibility index (Phi) is 3.43. The van der Waals surface area contributed by atoms with E-state index in [0.717, 1.165) is 6.61 Å². The highest BCUT2D eigenvalue weighted by molar-refractivity contribution is 6.48. The molecule has 20 heavy (non-hydrogen) atoms. The van der Waals surface area contributed by atoms with E-state index in [-0.39, 0.29) is 24.1 Å². The van der Waals surface area contributed by atoms with Crippen molar-refractivity contribution < 1.29 is 14.0 Å². The summed E-state index contributed by atoms with van der Waals surface area (Å²) in [5, 5.41) is 0. The van der Waals surface area contributed by atoms with Crippen LogP contribution in [0, 0.1) is 0 Å². The molecular weight excluding hydrogens is 251 g/mol. The summed E-state index contributed by atoms with van der Waals surface area (Å²) < 4.78 is 18.1. The molecule has 2 aliphatic rings. The van der Waals surface area contributed by atoms with Crippen LogP contribution in [0.25, 0.3) is 0 Å². The first-order valence-corrected chi connectivity index (χ1v) is 7.39. The predicted molar refractivity (Wildman–Crippen MR) is 79.8 cm³/mol. The van der Waals surface area contributed by atoms with Crippen molar-refractivity contribution in [3.63, 3.8) is 0 Å². The zero-order valence-corrected chi connectivity index (χ0v) is 12.8. The maximum Gasteiger partial charge on any atom is 0.464 e. The van der Waals surface area contributed by atoms with Crippen molar-refractivity contribution in [1.82, 2.24) is 0 Å².